The standard InChI is InChI=1S/C15H22N6O5.C11H16N6O3.C10H18O5.C6H8N6O.C6H6N4O.CH6N2/c1-5-25-9(22)6-21-8-18-10-11(21)19-13(20-12(10)23)16-7-17-14(24)26-15(2,3)4;1-11(2,3)20-10(19)15-5-14-9-16-7-6(8(18)17-9)12-4-13-7;1-9(2,3)14-7(11)13-8(12)15-10(4,5)6;7-1-8-6-11-4-3(5(13)12-6)9-2-10-4;1-3-9-5-4(6(11)10-3)7-2-8-5;2-1-3/h8H,5-7H2,1-4H3,(H,17,24)(H2,16,19,20,23);4H,5H2,1-3H3,(H,15,19)(H3,12,13,14,16,17,18);1-6H3;2H,1,7H2,(H3,8,9,10,11,12,13);2H,1H3,(H2,7,8,9,10,11);1-3H2. The number of aromatic nitrogens is 16. The number of amides is 2. The smallest absolute Gasteiger partial charge is 0.465 e. The van der Waals surface area contributed by atoms with Crippen molar-refractivity contribution in [2.24, 2.45) is 17.2 Å². The molecule has 0 saturated heterocycles. The number of ether oxygens (including phenoxy) is 6. The Morgan fingerprint density at radius 3 is 1.33 bits per heavy atom. The maximum absolute atomic E-state index is 12.1. The van der Waals surface area contributed by atoms with Gasteiger partial charge in [-0.3, -0.25) is 38.9 Å². The Balaban J connectivity index is 0.000000293. The molecule has 0 radical (unpaired) electrons. The predicted molar refractivity (Wildman–Crippen MR) is 318 cm³/mol. The van der Waals surface area contributed by atoms with E-state index < -0.39 is 58.4 Å². The summed E-state index contributed by atoms with van der Waals surface area (Å²) in [5.74, 6) is 0.770. The lowest BCUT2D eigenvalue weighted by atomic mass is 10.2. The molecule has 0 spiro atoms. The third kappa shape index (κ3) is 26.1. The third-order valence-electron chi connectivity index (χ3n) is 9.08. The number of anilines is 3. The Kier molecular flexibility index (Phi) is 26.6. The summed E-state index contributed by atoms with van der Waals surface area (Å²) in [4.78, 5) is 153. The fourth-order valence-corrected chi connectivity index (χ4v) is 6.04. The lowest BCUT2D eigenvalue weighted by Crippen LogP contribution is -2.35. The van der Waals surface area contributed by atoms with Crippen molar-refractivity contribution in [1.29, 1.82) is 0 Å². The van der Waals surface area contributed by atoms with Gasteiger partial charge in [0.15, 0.2) is 44.7 Å². The molecule has 0 unspecified atom stereocenters. The van der Waals surface area contributed by atoms with Crippen molar-refractivity contribution in [3.05, 3.63) is 72.5 Å². The van der Waals surface area contributed by atoms with Crippen molar-refractivity contribution in [2.45, 2.75) is 126 Å². The molecule has 2 amide bonds. The molecule has 8 heterocycles. The molecule has 8 rings (SSSR count). The highest BCUT2D eigenvalue weighted by Gasteiger charge is 2.25. The third-order valence-corrected chi connectivity index (χ3v) is 9.08. The van der Waals surface area contributed by atoms with E-state index in [0.29, 0.717) is 45.3 Å². The summed E-state index contributed by atoms with van der Waals surface area (Å²) in [6, 6.07) is 0. The molecule has 0 fully saturated rings. The largest absolute Gasteiger partial charge is 0.519 e. The van der Waals surface area contributed by atoms with Crippen LogP contribution in [0.3, 0.4) is 0 Å². The summed E-state index contributed by atoms with van der Waals surface area (Å²) in [6.07, 6.45) is 2.30. The molecule has 0 aliphatic rings. The lowest BCUT2D eigenvalue weighted by Gasteiger charge is -2.20. The minimum Gasteiger partial charge on any atom is -0.465 e. The number of nitrogens with two attached hydrogens (primary N) is 3. The number of fused-ring (bicyclic) bond motifs is 4. The number of imidazole rings is 4. The minimum atomic E-state index is -1.06. The molecule has 0 aliphatic heterocycles. The van der Waals surface area contributed by atoms with Gasteiger partial charge in [0.2, 0.25) is 17.8 Å². The van der Waals surface area contributed by atoms with Crippen molar-refractivity contribution in [3.63, 3.8) is 0 Å². The van der Waals surface area contributed by atoms with E-state index in [1.165, 1.54) is 29.9 Å². The Hall–Kier alpha value is -10.6. The summed E-state index contributed by atoms with van der Waals surface area (Å²) >= 11 is 0. The zero-order valence-corrected chi connectivity index (χ0v) is 50.9. The number of H-pyrrole nitrogens is 7. The highest BCUT2D eigenvalue weighted by Crippen LogP contribution is 2.13. The van der Waals surface area contributed by atoms with E-state index in [0.717, 1.165) is 0 Å². The number of rotatable bonds is 11. The van der Waals surface area contributed by atoms with Crippen LogP contribution >= 0.6 is 0 Å². The van der Waals surface area contributed by atoms with Gasteiger partial charge in [-0.1, -0.05) is 0 Å². The number of nitrogens with one attached hydrogen (secondary N) is 12. The van der Waals surface area contributed by atoms with Gasteiger partial charge in [-0.05, 0) is 96.9 Å². The highest BCUT2D eigenvalue weighted by atomic mass is 16.8. The van der Waals surface area contributed by atoms with E-state index in [1.54, 1.807) is 96.9 Å². The summed E-state index contributed by atoms with van der Waals surface area (Å²) in [5.41, 5.74) is 13.2. The predicted octanol–water partition coefficient (Wildman–Crippen LogP) is 1.78. The maximum atomic E-state index is 12.1. The fourth-order valence-electron chi connectivity index (χ4n) is 6.04. The van der Waals surface area contributed by atoms with Gasteiger partial charge >= 0.3 is 30.5 Å². The van der Waals surface area contributed by atoms with Crippen molar-refractivity contribution >= 4 is 93.0 Å². The van der Waals surface area contributed by atoms with Crippen LogP contribution in [0.4, 0.5) is 37.0 Å². The molecule has 8 aromatic rings. The van der Waals surface area contributed by atoms with Crippen LogP contribution in [-0.4, -0.2) is 165 Å². The van der Waals surface area contributed by atoms with Crippen LogP contribution in [0.15, 0.2) is 44.5 Å². The van der Waals surface area contributed by atoms with Crippen molar-refractivity contribution in [2.75, 3.05) is 49.2 Å². The zero-order valence-electron chi connectivity index (χ0n) is 50.9. The summed E-state index contributed by atoms with van der Waals surface area (Å²) < 4.78 is 30.2. The van der Waals surface area contributed by atoms with Gasteiger partial charge < -0.3 is 96.7 Å². The van der Waals surface area contributed by atoms with Crippen LogP contribution in [0.2, 0.25) is 0 Å². The maximum Gasteiger partial charge on any atom is 0.519 e. The highest BCUT2D eigenvalue weighted by molar-refractivity contribution is 5.78. The first-order valence-corrected chi connectivity index (χ1v) is 26.3. The van der Waals surface area contributed by atoms with Crippen LogP contribution in [-0.2, 0) is 39.8 Å². The Labute approximate surface area is 499 Å². The van der Waals surface area contributed by atoms with E-state index in [4.69, 9.17) is 29.4 Å². The Bertz CT molecular complexity index is 3790. The van der Waals surface area contributed by atoms with Gasteiger partial charge in [0.1, 0.15) is 34.8 Å². The van der Waals surface area contributed by atoms with Gasteiger partial charge in [0, 0.05) is 6.67 Å². The van der Waals surface area contributed by atoms with Gasteiger partial charge in [0.25, 0.3) is 22.2 Å². The number of nitrogens with zero attached hydrogens (tertiary/aromatic N) is 9. The van der Waals surface area contributed by atoms with E-state index in [-0.39, 0.29) is 79.6 Å². The second-order valence-electron chi connectivity index (χ2n) is 21.3. The molecule has 0 aliphatic carbocycles. The molecule has 482 valence electrons. The van der Waals surface area contributed by atoms with Crippen LogP contribution < -0.4 is 66.0 Å². The second kappa shape index (κ2) is 32.6. The SMILES string of the molecule is CC(C)(C)OC(=O)NCNc1nc2nc[nH]c2c(=O)[nH]1.CC(C)(C)OC(=O)OC(=O)OC(C)(C)C.CCOC(=O)Cn1cnc2c(=O)[nH]c(NCNC(=O)OC(C)(C)C)nc21.Cc1nc2nc[nH]c2c(=O)[nH]1.NCN.NCNc1nc2nc[nH]c2c(=O)[nH]1. The molecule has 39 heteroatoms. The minimum absolute atomic E-state index is 0.0185. The first-order valence-electron chi connectivity index (χ1n) is 26.3. The van der Waals surface area contributed by atoms with Crippen LogP contribution in [0.5, 0.6) is 0 Å². The van der Waals surface area contributed by atoms with Crippen LogP contribution in [0.25, 0.3) is 44.7 Å². The van der Waals surface area contributed by atoms with E-state index in [9.17, 15) is 43.2 Å². The van der Waals surface area contributed by atoms with E-state index in [1.807, 2.05) is 0 Å². The Morgan fingerprint density at radius 1 is 0.534 bits per heavy atom. The number of carbonyl (C=O) groups is 5. The van der Waals surface area contributed by atoms with Gasteiger partial charge in [-0.25, -0.2) is 44.1 Å². The molecule has 88 heavy (non-hydrogen) atoms. The quantitative estimate of drug-likeness (QED) is 0.0380. The number of alkyl carbamates (subject to hydrolysis) is 2. The van der Waals surface area contributed by atoms with E-state index >= 15 is 0 Å². The number of esters is 1. The first kappa shape index (κ1) is 71.7. The average Bonchev–Trinajstić information content (AvgIpc) is 1.82. The molecular weight excluding hydrogens is 1160 g/mol. The molecule has 0 aromatic carbocycles. The van der Waals surface area contributed by atoms with Crippen molar-refractivity contribution < 1.29 is 52.4 Å². The fraction of sp³-hybridized carbons (Fsp3) is 0.490. The van der Waals surface area contributed by atoms with Crippen LogP contribution in [0, 0.1) is 6.92 Å². The van der Waals surface area contributed by atoms with Gasteiger partial charge in [-0.2, -0.15) is 15.0 Å². The first-order chi connectivity index (χ1) is 41.0. The molecule has 0 bridgehead atoms. The lowest BCUT2D eigenvalue weighted by molar-refractivity contribution is -0.143. The molecule has 0 saturated carbocycles. The number of aromatic amines is 7. The molecular formula is C49H76N24O15. The number of aryl methyl sites for hydroxylation is 1. The number of hydrogen-bond donors (Lipinski definition) is 15. The van der Waals surface area contributed by atoms with Crippen molar-refractivity contribution in [1.82, 2.24) is 90.0 Å². The summed E-state index contributed by atoms with van der Waals surface area (Å²) in [5, 5.41) is 13.2. The average molecular weight is 1240 g/mol. The van der Waals surface area contributed by atoms with Crippen molar-refractivity contribution in [3.8, 4) is 0 Å². The number of hydrogen-bond acceptors (Lipinski definition) is 29. The Morgan fingerprint density at radius 2 is 0.920 bits per heavy atom. The monoisotopic (exact) mass is 1240 g/mol. The molecule has 39 nitrogen and oxygen atoms in total. The van der Waals surface area contributed by atoms with Gasteiger partial charge in [-0.15, -0.1) is 0 Å². The molecule has 8 aromatic heterocycles. The van der Waals surface area contributed by atoms with Crippen LogP contribution in [0.1, 0.15) is 95.8 Å². The summed E-state index contributed by atoms with van der Waals surface area (Å²) in [7, 11) is 0. The van der Waals surface area contributed by atoms with Gasteiger partial charge in [0.05, 0.1) is 51.9 Å². The summed E-state index contributed by atoms with van der Waals surface area (Å²) in [6.45, 7) is 24.6. The topological polar surface area (TPSA) is 566 Å². The molecule has 18 N–H and O–H groups in total. The zero-order chi connectivity index (χ0) is 66.2. The molecule has 0 atom stereocenters. The van der Waals surface area contributed by atoms with E-state index in [2.05, 4.69) is 118 Å². The number of carbonyl (C=O) groups excluding carboxylic acids is 5. The second-order valence-corrected chi connectivity index (χ2v) is 21.3. The normalized spacial score (nSPS) is 11.0.